The molecule has 0 spiro atoms. The Labute approximate surface area is 108 Å². The number of rotatable bonds is 7. The van der Waals surface area contributed by atoms with Crippen molar-refractivity contribution < 1.29 is 18.3 Å². The van der Waals surface area contributed by atoms with E-state index >= 15 is 0 Å². The van der Waals surface area contributed by atoms with E-state index in [2.05, 4.69) is 10.0 Å². The average Bonchev–Trinajstić information content (AvgIpc) is 2.28. The summed E-state index contributed by atoms with van der Waals surface area (Å²) >= 11 is 0. The Morgan fingerprint density at radius 2 is 2.28 bits per heavy atom. The molecule has 7 heteroatoms. The molecule has 1 fully saturated rings. The standard InChI is InChI=1S/C11H22N2O4S/c1-9(10-4-2-6-12-8-10)13-18(16,17)7-3-5-11(14)15/h9-10,12-13H,2-8H2,1H3,(H,14,15). The van der Waals surface area contributed by atoms with Gasteiger partial charge in [0.1, 0.15) is 0 Å². The molecule has 0 aromatic rings. The number of sulfonamides is 1. The van der Waals surface area contributed by atoms with Gasteiger partial charge >= 0.3 is 5.97 Å². The molecular formula is C11H22N2O4S. The van der Waals surface area contributed by atoms with Crippen LogP contribution in [0.25, 0.3) is 0 Å². The van der Waals surface area contributed by atoms with Gasteiger partial charge in [-0.15, -0.1) is 0 Å². The molecule has 0 aliphatic carbocycles. The Morgan fingerprint density at radius 3 is 2.83 bits per heavy atom. The molecule has 1 heterocycles. The summed E-state index contributed by atoms with van der Waals surface area (Å²) in [7, 11) is -3.37. The predicted octanol–water partition coefficient (Wildman–Crippen LogP) is 0.159. The normalized spacial score (nSPS) is 22.6. The first kappa shape index (κ1) is 15.4. The number of hydrogen-bond acceptors (Lipinski definition) is 4. The number of carboxylic acids is 1. The second kappa shape index (κ2) is 7.06. The molecule has 2 atom stereocenters. The minimum atomic E-state index is -3.37. The second-order valence-electron chi connectivity index (χ2n) is 4.83. The van der Waals surface area contributed by atoms with Gasteiger partial charge < -0.3 is 10.4 Å². The molecule has 3 N–H and O–H groups in total. The van der Waals surface area contributed by atoms with Crippen LogP contribution < -0.4 is 10.0 Å². The Balaban J connectivity index is 2.36. The monoisotopic (exact) mass is 278 g/mol. The number of carboxylic acid groups (broad SMARTS) is 1. The summed E-state index contributed by atoms with van der Waals surface area (Å²) in [6.45, 7) is 3.69. The van der Waals surface area contributed by atoms with Gasteiger partial charge in [-0.25, -0.2) is 13.1 Å². The molecule has 0 aromatic heterocycles. The maximum atomic E-state index is 11.7. The van der Waals surface area contributed by atoms with Crippen LogP contribution in [-0.2, 0) is 14.8 Å². The van der Waals surface area contributed by atoms with E-state index in [0.717, 1.165) is 25.9 Å². The molecule has 1 saturated heterocycles. The molecule has 0 amide bonds. The smallest absolute Gasteiger partial charge is 0.303 e. The summed E-state index contributed by atoms with van der Waals surface area (Å²) in [6.07, 6.45) is 2.13. The lowest BCUT2D eigenvalue weighted by Crippen LogP contribution is -2.45. The van der Waals surface area contributed by atoms with Crippen LogP contribution in [0.1, 0.15) is 32.6 Å². The molecule has 0 bridgehead atoms. The van der Waals surface area contributed by atoms with Gasteiger partial charge in [0.15, 0.2) is 0 Å². The van der Waals surface area contributed by atoms with Crippen molar-refractivity contribution in [3.05, 3.63) is 0 Å². The fourth-order valence-electron chi connectivity index (χ4n) is 2.16. The highest BCUT2D eigenvalue weighted by Gasteiger charge is 2.23. The third kappa shape index (κ3) is 5.79. The van der Waals surface area contributed by atoms with Gasteiger partial charge in [-0.05, 0) is 45.2 Å². The van der Waals surface area contributed by atoms with Crippen LogP contribution in [0.4, 0.5) is 0 Å². The van der Waals surface area contributed by atoms with Crippen molar-refractivity contribution in [3.8, 4) is 0 Å². The summed E-state index contributed by atoms with van der Waals surface area (Å²) in [5.41, 5.74) is 0. The SMILES string of the molecule is CC(NS(=O)(=O)CCCC(=O)O)C1CCCNC1. The topological polar surface area (TPSA) is 95.5 Å². The van der Waals surface area contributed by atoms with Crippen molar-refractivity contribution in [1.29, 1.82) is 0 Å². The van der Waals surface area contributed by atoms with E-state index in [-0.39, 0.29) is 24.6 Å². The Hall–Kier alpha value is -0.660. The fourth-order valence-corrected chi connectivity index (χ4v) is 3.56. The van der Waals surface area contributed by atoms with Crippen molar-refractivity contribution >= 4 is 16.0 Å². The minimum absolute atomic E-state index is 0.104. The number of hydrogen-bond donors (Lipinski definition) is 3. The zero-order valence-electron chi connectivity index (χ0n) is 10.7. The molecule has 6 nitrogen and oxygen atoms in total. The van der Waals surface area contributed by atoms with Gasteiger partial charge in [0.2, 0.25) is 10.0 Å². The predicted molar refractivity (Wildman–Crippen MR) is 68.8 cm³/mol. The molecule has 0 aromatic carbocycles. The first-order valence-corrected chi connectivity index (χ1v) is 7.98. The van der Waals surface area contributed by atoms with Crippen molar-refractivity contribution in [2.45, 2.75) is 38.6 Å². The summed E-state index contributed by atoms with van der Waals surface area (Å²) < 4.78 is 26.1. The van der Waals surface area contributed by atoms with Crippen molar-refractivity contribution in [2.75, 3.05) is 18.8 Å². The van der Waals surface area contributed by atoms with Gasteiger partial charge in [0.25, 0.3) is 0 Å². The summed E-state index contributed by atoms with van der Waals surface area (Å²) in [6, 6.07) is -0.104. The molecule has 1 aliphatic rings. The largest absolute Gasteiger partial charge is 0.481 e. The molecule has 2 unspecified atom stereocenters. The number of nitrogens with one attached hydrogen (secondary N) is 2. The van der Waals surface area contributed by atoms with Gasteiger partial charge in [0.05, 0.1) is 5.75 Å². The summed E-state index contributed by atoms with van der Waals surface area (Å²) in [4.78, 5) is 10.3. The van der Waals surface area contributed by atoms with E-state index in [4.69, 9.17) is 5.11 Å². The van der Waals surface area contributed by atoms with Crippen LogP contribution in [-0.4, -0.2) is 44.4 Å². The van der Waals surface area contributed by atoms with E-state index in [1.165, 1.54) is 0 Å². The number of piperidine rings is 1. The lowest BCUT2D eigenvalue weighted by Gasteiger charge is -2.28. The third-order valence-corrected chi connectivity index (χ3v) is 4.77. The van der Waals surface area contributed by atoms with Crippen LogP contribution in [0.5, 0.6) is 0 Å². The number of aliphatic carboxylic acids is 1. The van der Waals surface area contributed by atoms with Crippen LogP contribution >= 0.6 is 0 Å². The highest BCUT2D eigenvalue weighted by Crippen LogP contribution is 2.15. The highest BCUT2D eigenvalue weighted by molar-refractivity contribution is 7.89. The molecular weight excluding hydrogens is 256 g/mol. The molecule has 1 rings (SSSR count). The maximum absolute atomic E-state index is 11.7. The number of carbonyl (C=O) groups is 1. The Morgan fingerprint density at radius 1 is 1.56 bits per heavy atom. The third-order valence-electron chi connectivity index (χ3n) is 3.21. The first-order valence-electron chi connectivity index (χ1n) is 6.33. The zero-order chi connectivity index (χ0) is 13.6. The van der Waals surface area contributed by atoms with E-state index in [1.807, 2.05) is 6.92 Å². The lowest BCUT2D eigenvalue weighted by molar-refractivity contribution is -0.137. The van der Waals surface area contributed by atoms with Crippen LogP contribution in [0.15, 0.2) is 0 Å². The van der Waals surface area contributed by atoms with E-state index in [1.54, 1.807) is 0 Å². The summed E-state index contributed by atoms with van der Waals surface area (Å²) in [5, 5.41) is 11.7. The molecule has 106 valence electrons. The van der Waals surface area contributed by atoms with Crippen molar-refractivity contribution in [2.24, 2.45) is 5.92 Å². The van der Waals surface area contributed by atoms with Crippen LogP contribution in [0.3, 0.4) is 0 Å². The van der Waals surface area contributed by atoms with Crippen LogP contribution in [0, 0.1) is 5.92 Å². The van der Waals surface area contributed by atoms with Crippen LogP contribution in [0.2, 0.25) is 0 Å². The Kier molecular flexibility index (Phi) is 6.04. The average molecular weight is 278 g/mol. The highest BCUT2D eigenvalue weighted by atomic mass is 32.2. The van der Waals surface area contributed by atoms with Crippen molar-refractivity contribution in [1.82, 2.24) is 10.0 Å². The fraction of sp³-hybridized carbons (Fsp3) is 0.909. The van der Waals surface area contributed by atoms with E-state index < -0.39 is 16.0 Å². The van der Waals surface area contributed by atoms with E-state index in [9.17, 15) is 13.2 Å². The van der Waals surface area contributed by atoms with Gasteiger partial charge in [-0.3, -0.25) is 4.79 Å². The zero-order valence-corrected chi connectivity index (χ0v) is 11.5. The van der Waals surface area contributed by atoms with Gasteiger partial charge in [-0.2, -0.15) is 0 Å². The Bertz CT molecular complexity index is 363. The summed E-state index contributed by atoms with van der Waals surface area (Å²) in [5.74, 6) is -0.771. The minimum Gasteiger partial charge on any atom is -0.481 e. The van der Waals surface area contributed by atoms with Crippen molar-refractivity contribution in [3.63, 3.8) is 0 Å². The first-order chi connectivity index (χ1) is 8.41. The van der Waals surface area contributed by atoms with Gasteiger partial charge in [-0.1, -0.05) is 0 Å². The molecule has 0 radical (unpaired) electrons. The molecule has 1 aliphatic heterocycles. The second-order valence-corrected chi connectivity index (χ2v) is 6.70. The van der Waals surface area contributed by atoms with Gasteiger partial charge in [0, 0.05) is 12.5 Å². The maximum Gasteiger partial charge on any atom is 0.303 e. The van der Waals surface area contributed by atoms with E-state index in [0.29, 0.717) is 5.92 Å². The molecule has 0 saturated carbocycles. The lowest BCUT2D eigenvalue weighted by atomic mass is 9.94. The molecule has 18 heavy (non-hydrogen) atoms. The quantitative estimate of drug-likeness (QED) is 0.616.